The summed E-state index contributed by atoms with van der Waals surface area (Å²) in [6.45, 7) is 0. The van der Waals surface area contributed by atoms with Crippen LogP contribution in [0, 0.1) is 17.8 Å². The third-order valence-electron chi connectivity index (χ3n) is 8.34. The fraction of sp³-hybridized carbons (Fsp3) is 0.393. The number of aromatic carboxylic acids is 1. The van der Waals surface area contributed by atoms with Crippen LogP contribution in [-0.2, 0) is 5.41 Å². The van der Waals surface area contributed by atoms with Crippen LogP contribution in [0.5, 0.6) is 11.5 Å². The molecule has 164 valence electrons. The number of hydrogen-bond acceptors (Lipinski definition) is 3. The standard InChI is InChI=1S/C28H28O4/c1-32-25-12-20-21(10-23(25)28-13-16-7-17(14-28)9-18(8-16)15-28)26(19-5-3-2-4-6-19)22(27(30)31)11-24(20)29/h2-6,10-12,16-18,29H,7-9,13-15H2,1H3,(H,30,31). The zero-order valence-electron chi connectivity index (χ0n) is 18.3. The number of benzene rings is 3. The molecule has 4 bridgehead atoms. The molecule has 0 amide bonds. The monoisotopic (exact) mass is 428 g/mol. The molecule has 2 N–H and O–H groups in total. The second kappa shape index (κ2) is 6.99. The molecule has 4 aliphatic rings. The average molecular weight is 429 g/mol. The molecular weight excluding hydrogens is 400 g/mol. The van der Waals surface area contributed by atoms with Crippen molar-refractivity contribution in [2.45, 2.75) is 43.9 Å². The summed E-state index contributed by atoms with van der Waals surface area (Å²) in [5.41, 5.74) is 2.93. The van der Waals surface area contributed by atoms with Crippen LogP contribution in [0.15, 0.2) is 48.5 Å². The highest BCUT2D eigenvalue weighted by molar-refractivity contribution is 6.10. The molecule has 0 aromatic heterocycles. The van der Waals surface area contributed by atoms with Gasteiger partial charge in [-0.05, 0) is 90.8 Å². The molecule has 0 unspecified atom stereocenters. The maximum atomic E-state index is 12.2. The first-order valence-electron chi connectivity index (χ1n) is 11.6. The zero-order valence-corrected chi connectivity index (χ0v) is 18.3. The van der Waals surface area contributed by atoms with Crippen LogP contribution in [-0.4, -0.2) is 23.3 Å². The van der Waals surface area contributed by atoms with Gasteiger partial charge in [0.25, 0.3) is 0 Å². The lowest BCUT2D eigenvalue weighted by atomic mass is 9.48. The van der Waals surface area contributed by atoms with Gasteiger partial charge in [-0.25, -0.2) is 4.79 Å². The SMILES string of the molecule is COc1cc2c(O)cc(C(=O)O)c(-c3ccccc3)c2cc1C12CC3CC(CC(C3)C1)C2. The largest absolute Gasteiger partial charge is 0.507 e. The van der Waals surface area contributed by atoms with Gasteiger partial charge in [-0.15, -0.1) is 0 Å². The van der Waals surface area contributed by atoms with E-state index in [9.17, 15) is 15.0 Å². The van der Waals surface area contributed by atoms with Gasteiger partial charge in [0, 0.05) is 16.5 Å². The number of phenols is 1. The molecule has 32 heavy (non-hydrogen) atoms. The number of methoxy groups -OCH3 is 1. The summed E-state index contributed by atoms with van der Waals surface area (Å²) in [6, 6.07) is 15.1. The van der Waals surface area contributed by atoms with Gasteiger partial charge in [-0.2, -0.15) is 0 Å². The minimum Gasteiger partial charge on any atom is -0.507 e. The second-order valence-electron chi connectivity index (χ2n) is 10.3. The van der Waals surface area contributed by atoms with Crippen LogP contribution in [0.4, 0.5) is 0 Å². The van der Waals surface area contributed by atoms with Crippen molar-refractivity contribution in [3.63, 3.8) is 0 Å². The molecule has 0 aliphatic heterocycles. The normalized spacial score (nSPS) is 28.2. The van der Waals surface area contributed by atoms with E-state index in [0.717, 1.165) is 34.5 Å². The van der Waals surface area contributed by atoms with E-state index in [2.05, 4.69) is 6.07 Å². The van der Waals surface area contributed by atoms with Gasteiger partial charge in [0.2, 0.25) is 0 Å². The van der Waals surface area contributed by atoms with Crippen LogP contribution in [0.1, 0.15) is 54.4 Å². The van der Waals surface area contributed by atoms with Crippen LogP contribution >= 0.6 is 0 Å². The number of fused-ring (bicyclic) bond motifs is 1. The Morgan fingerprint density at radius 2 is 1.56 bits per heavy atom. The molecule has 3 aromatic rings. The molecule has 7 rings (SSSR count). The van der Waals surface area contributed by atoms with Crippen LogP contribution in [0.2, 0.25) is 0 Å². The molecule has 0 radical (unpaired) electrons. The van der Waals surface area contributed by atoms with Crippen molar-refractivity contribution in [3.05, 3.63) is 59.7 Å². The van der Waals surface area contributed by atoms with Gasteiger partial charge < -0.3 is 14.9 Å². The zero-order chi connectivity index (χ0) is 22.0. The number of phenolic OH excluding ortho intramolecular Hbond substituents is 1. The molecule has 0 heterocycles. The Hall–Kier alpha value is -3.01. The minimum atomic E-state index is -1.03. The number of carboxylic acid groups (broad SMARTS) is 1. The maximum absolute atomic E-state index is 12.2. The van der Waals surface area contributed by atoms with E-state index in [1.54, 1.807) is 7.11 Å². The van der Waals surface area contributed by atoms with Gasteiger partial charge in [0.05, 0.1) is 12.7 Å². The summed E-state index contributed by atoms with van der Waals surface area (Å²) >= 11 is 0. The predicted molar refractivity (Wildman–Crippen MR) is 124 cm³/mol. The number of carboxylic acids is 1. The third-order valence-corrected chi connectivity index (χ3v) is 8.34. The lowest BCUT2D eigenvalue weighted by Gasteiger charge is -2.57. The van der Waals surface area contributed by atoms with Gasteiger partial charge >= 0.3 is 5.97 Å². The van der Waals surface area contributed by atoms with E-state index < -0.39 is 5.97 Å². The van der Waals surface area contributed by atoms with Gasteiger partial charge in [-0.1, -0.05) is 30.3 Å². The third kappa shape index (κ3) is 2.85. The van der Waals surface area contributed by atoms with Crippen molar-refractivity contribution in [1.82, 2.24) is 0 Å². The maximum Gasteiger partial charge on any atom is 0.336 e. The second-order valence-corrected chi connectivity index (χ2v) is 10.3. The first-order valence-corrected chi connectivity index (χ1v) is 11.6. The van der Waals surface area contributed by atoms with Crippen molar-refractivity contribution in [1.29, 1.82) is 0 Å². The highest BCUT2D eigenvalue weighted by Crippen LogP contribution is 2.62. The van der Waals surface area contributed by atoms with Crippen molar-refractivity contribution >= 4 is 16.7 Å². The van der Waals surface area contributed by atoms with Gasteiger partial charge in [0.15, 0.2) is 0 Å². The predicted octanol–water partition coefficient (Wildman–Crippen LogP) is 6.39. The summed E-state index contributed by atoms with van der Waals surface area (Å²) in [6.07, 6.45) is 7.63. The summed E-state index contributed by atoms with van der Waals surface area (Å²) < 4.78 is 5.89. The number of hydrogen-bond donors (Lipinski definition) is 2. The van der Waals surface area contributed by atoms with E-state index in [0.29, 0.717) is 10.9 Å². The summed E-state index contributed by atoms with van der Waals surface area (Å²) in [5.74, 6) is 2.12. The van der Waals surface area contributed by atoms with Crippen molar-refractivity contribution in [3.8, 4) is 22.6 Å². The van der Waals surface area contributed by atoms with E-state index >= 15 is 0 Å². The minimum absolute atomic E-state index is 0.0209. The Balaban J connectivity index is 1.65. The Labute approximate surface area is 187 Å². The number of aromatic hydroxyl groups is 1. The average Bonchev–Trinajstić information content (AvgIpc) is 2.78. The lowest BCUT2D eigenvalue weighted by Crippen LogP contribution is -2.48. The highest BCUT2D eigenvalue weighted by Gasteiger charge is 2.52. The quantitative estimate of drug-likeness (QED) is 0.505. The first kappa shape index (κ1) is 19.7. The van der Waals surface area contributed by atoms with Crippen LogP contribution < -0.4 is 4.74 Å². The van der Waals surface area contributed by atoms with Crippen molar-refractivity contribution in [2.24, 2.45) is 17.8 Å². The highest BCUT2D eigenvalue weighted by atomic mass is 16.5. The fourth-order valence-corrected chi connectivity index (χ4v) is 7.54. The first-order chi connectivity index (χ1) is 15.5. The molecule has 4 heteroatoms. The molecule has 3 aromatic carbocycles. The van der Waals surface area contributed by atoms with Gasteiger partial charge in [-0.3, -0.25) is 0 Å². The summed E-state index contributed by atoms with van der Waals surface area (Å²) in [4.78, 5) is 12.2. The van der Waals surface area contributed by atoms with Crippen LogP contribution in [0.25, 0.3) is 21.9 Å². The Morgan fingerprint density at radius 3 is 2.12 bits per heavy atom. The van der Waals surface area contributed by atoms with Crippen LogP contribution in [0.3, 0.4) is 0 Å². The molecule has 0 atom stereocenters. The lowest BCUT2D eigenvalue weighted by molar-refractivity contribution is -0.00609. The molecule has 4 saturated carbocycles. The van der Waals surface area contributed by atoms with Crippen molar-refractivity contribution in [2.75, 3.05) is 7.11 Å². The Kier molecular flexibility index (Phi) is 4.30. The van der Waals surface area contributed by atoms with E-state index in [1.807, 2.05) is 36.4 Å². The topological polar surface area (TPSA) is 66.8 Å². The molecule has 4 nitrogen and oxygen atoms in total. The molecular formula is C28H28O4. The molecule has 4 fully saturated rings. The smallest absolute Gasteiger partial charge is 0.336 e. The van der Waals surface area contributed by atoms with E-state index in [-0.39, 0.29) is 16.7 Å². The Bertz CT molecular complexity index is 1190. The molecule has 0 spiro atoms. The molecule has 0 saturated heterocycles. The number of rotatable bonds is 4. The Morgan fingerprint density at radius 1 is 0.938 bits per heavy atom. The van der Waals surface area contributed by atoms with E-state index in [1.165, 1.54) is 50.2 Å². The van der Waals surface area contributed by atoms with Crippen molar-refractivity contribution < 1.29 is 19.7 Å². The number of ether oxygens (including phenoxy) is 1. The van der Waals surface area contributed by atoms with Gasteiger partial charge in [0.1, 0.15) is 11.5 Å². The fourth-order valence-electron chi connectivity index (χ4n) is 7.54. The van der Waals surface area contributed by atoms with E-state index in [4.69, 9.17) is 4.74 Å². The number of carbonyl (C=O) groups is 1. The summed E-state index contributed by atoms with van der Waals surface area (Å²) in [7, 11) is 1.70. The molecule has 4 aliphatic carbocycles. The summed E-state index contributed by atoms with van der Waals surface area (Å²) in [5, 5.41) is 22.2.